The van der Waals surface area contributed by atoms with E-state index >= 15 is 0 Å². The van der Waals surface area contributed by atoms with Crippen molar-refractivity contribution in [2.75, 3.05) is 5.32 Å². The molecule has 0 bridgehead atoms. The highest BCUT2D eigenvalue weighted by Crippen LogP contribution is 2.47. The Labute approximate surface area is 459 Å². The van der Waals surface area contributed by atoms with Crippen LogP contribution in [-0.4, -0.2) is 15.8 Å². The van der Waals surface area contributed by atoms with E-state index < -0.39 is 0 Å². The number of hydrogen-bond acceptors (Lipinski definition) is 2. The second kappa shape index (κ2) is 16.8. The molecule has 8 aromatic carbocycles. The van der Waals surface area contributed by atoms with Gasteiger partial charge in [0.25, 0.3) is 6.71 Å². The van der Waals surface area contributed by atoms with Gasteiger partial charge in [0.2, 0.25) is 0 Å². The zero-order valence-corrected chi connectivity index (χ0v) is 49.2. The van der Waals surface area contributed by atoms with E-state index in [-0.39, 0.29) is 39.2 Å². The molecule has 10 aromatic rings. The lowest BCUT2D eigenvalue weighted by molar-refractivity contribution is 0.486. The highest BCUT2D eigenvalue weighted by atomic mass is 16.5. The van der Waals surface area contributed by atoms with Gasteiger partial charge in [-0.3, -0.25) is 0 Å². The minimum atomic E-state index is -0.0318. The summed E-state index contributed by atoms with van der Waals surface area (Å²) >= 11 is 0. The fourth-order valence-electron chi connectivity index (χ4n) is 12.3. The maximum absolute atomic E-state index is 7.34. The molecule has 0 unspecified atom stereocenters. The average Bonchev–Trinajstić information content (AvgIpc) is 3.90. The first-order valence-corrected chi connectivity index (χ1v) is 28.2. The molecule has 2 aliphatic rings. The van der Waals surface area contributed by atoms with Crippen LogP contribution in [0.25, 0.3) is 66.1 Å². The van der Waals surface area contributed by atoms with Crippen LogP contribution in [0.15, 0.2) is 140 Å². The monoisotopic (exact) mass is 1010 g/mol. The quantitative estimate of drug-likeness (QED) is 0.179. The van der Waals surface area contributed by atoms with Gasteiger partial charge in [-0.1, -0.05) is 179 Å². The van der Waals surface area contributed by atoms with Gasteiger partial charge in [-0.2, -0.15) is 0 Å². The molecule has 77 heavy (non-hydrogen) atoms. The molecule has 1 N–H and O–H groups in total. The Bertz CT molecular complexity index is 3700. The molecule has 5 heteroatoms. The van der Waals surface area contributed by atoms with Gasteiger partial charge in [0.1, 0.15) is 11.5 Å². The number of aromatic nitrogens is 2. The van der Waals surface area contributed by atoms with Crippen LogP contribution < -0.4 is 26.4 Å². The predicted molar refractivity (Wildman–Crippen MR) is 334 cm³/mol. The van der Waals surface area contributed by atoms with Crippen molar-refractivity contribution in [3.63, 3.8) is 0 Å². The molecule has 0 aliphatic carbocycles. The summed E-state index contributed by atoms with van der Waals surface area (Å²) in [6.45, 7) is 41.7. The maximum atomic E-state index is 7.34. The van der Waals surface area contributed by atoms with Crippen LogP contribution in [0.2, 0.25) is 0 Å². The van der Waals surface area contributed by atoms with Gasteiger partial charge >= 0.3 is 0 Å². The van der Waals surface area contributed by atoms with Crippen LogP contribution in [0, 0.1) is 0 Å². The van der Waals surface area contributed by atoms with Gasteiger partial charge in [-0.15, -0.1) is 0 Å². The second-order valence-corrected chi connectivity index (χ2v) is 28.9. The summed E-state index contributed by atoms with van der Waals surface area (Å²) in [5.74, 6) is 1.80. The first-order chi connectivity index (χ1) is 35.9. The first-order valence-electron chi connectivity index (χ1n) is 28.2. The molecule has 0 saturated heterocycles. The Balaban J connectivity index is 1.21. The Morgan fingerprint density at radius 1 is 0.351 bits per heavy atom. The molecule has 0 radical (unpaired) electrons. The van der Waals surface area contributed by atoms with E-state index in [1.165, 1.54) is 93.4 Å². The average molecular weight is 1010 g/mol. The Morgan fingerprint density at radius 2 is 0.714 bits per heavy atom. The van der Waals surface area contributed by atoms with E-state index in [4.69, 9.17) is 4.74 Å². The summed E-state index contributed by atoms with van der Waals surface area (Å²) in [6.07, 6.45) is 0. The van der Waals surface area contributed by atoms with Crippen LogP contribution in [0.1, 0.15) is 158 Å². The van der Waals surface area contributed by atoms with E-state index in [0.29, 0.717) is 0 Å². The highest BCUT2D eigenvalue weighted by molar-refractivity contribution is 6.99. The first kappa shape index (κ1) is 50.8. The van der Waals surface area contributed by atoms with Crippen molar-refractivity contribution in [3.05, 3.63) is 173 Å². The number of ether oxygens (including phenoxy) is 1. The lowest BCUT2D eigenvalue weighted by Crippen LogP contribution is -2.58. The summed E-state index contributed by atoms with van der Waals surface area (Å²) in [4.78, 5) is 0. The Morgan fingerprint density at radius 3 is 1.12 bits per heavy atom. The van der Waals surface area contributed by atoms with E-state index in [9.17, 15) is 0 Å². The molecule has 0 atom stereocenters. The normalized spacial score (nSPS) is 14.0. The molecule has 0 fully saturated rings. The van der Waals surface area contributed by atoms with Crippen LogP contribution >= 0.6 is 0 Å². The summed E-state index contributed by atoms with van der Waals surface area (Å²) in [6, 6.07) is 54.6. The molecular weight excluding hydrogens is 934 g/mol. The molecule has 0 amide bonds. The third-order valence-electron chi connectivity index (χ3n) is 17.1. The Kier molecular flexibility index (Phi) is 11.1. The number of rotatable bonds is 3. The number of anilines is 2. The maximum Gasteiger partial charge on any atom is 0.256 e. The molecular formula is C72H78BN3O. The van der Waals surface area contributed by atoms with Crippen LogP contribution in [0.3, 0.4) is 0 Å². The van der Waals surface area contributed by atoms with Crippen molar-refractivity contribution < 1.29 is 4.74 Å². The summed E-state index contributed by atoms with van der Waals surface area (Å²) < 4.78 is 12.4. The van der Waals surface area contributed by atoms with Gasteiger partial charge in [0, 0.05) is 38.5 Å². The van der Waals surface area contributed by atoms with Crippen molar-refractivity contribution in [1.29, 1.82) is 0 Å². The summed E-state index contributed by atoms with van der Waals surface area (Å²) in [7, 11) is 0. The van der Waals surface area contributed by atoms with Crippen LogP contribution in [0.5, 0.6) is 11.5 Å². The van der Waals surface area contributed by atoms with Gasteiger partial charge in [0.15, 0.2) is 0 Å². The molecule has 12 rings (SSSR count). The minimum Gasteiger partial charge on any atom is -0.458 e. The zero-order chi connectivity index (χ0) is 54.8. The highest BCUT2D eigenvalue weighted by Gasteiger charge is 2.41. The van der Waals surface area contributed by atoms with Crippen molar-refractivity contribution in [2.24, 2.45) is 0 Å². The molecule has 4 nitrogen and oxygen atoms in total. The molecule has 2 aromatic heterocycles. The largest absolute Gasteiger partial charge is 0.458 e. The molecule has 0 saturated carbocycles. The molecule has 4 heterocycles. The molecule has 0 spiro atoms. The van der Waals surface area contributed by atoms with E-state index in [1.807, 2.05) is 0 Å². The van der Waals surface area contributed by atoms with Gasteiger partial charge in [-0.25, -0.2) is 0 Å². The Hall–Kier alpha value is -6.98. The topological polar surface area (TPSA) is 31.1 Å². The minimum absolute atomic E-state index is 0.0196. The lowest BCUT2D eigenvalue weighted by Gasteiger charge is -2.36. The zero-order valence-electron chi connectivity index (χ0n) is 49.2. The number of benzene rings is 8. The van der Waals surface area contributed by atoms with E-state index in [2.05, 4.69) is 279 Å². The molecule has 390 valence electrons. The number of hydrogen-bond donors (Lipinski definition) is 1. The van der Waals surface area contributed by atoms with Crippen molar-refractivity contribution in [3.8, 4) is 34.0 Å². The van der Waals surface area contributed by atoms with Crippen molar-refractivity contribution in [2.45, 2.75) is 157 Å². The summed E-state index contributed by atoms with van der Waals surface area (Å²) in [5, 5.41) is 9.12. The van der Waals surface area contributed by atoms with E-state index in [0.717, 1.165) is 45.4 Å². The van der Waals surface area contributed by atoms with Crippen molar-refractivity contribution in [1.82, 2.24) is 9.13 Å². The standard InChI is InChI=1S/C72H78BN3O/c1-67(2,3)43-23-29-57-49(36-43)50-37-44(68(4,5)6)24-30-58(50)75(57)61-20-19-21-62(76-59-31-25-45(69(7,8)9)38-51(59)52-39-46(70(10,11)12)26-32-60(52)76)65(61)42-34-56-66-64(35-42)77-63-33-27-48(72(16,17)18)41-54(63)73(66)53-40-47(71(13,14)15)22-28-55(53)74-56/h19-41,74H,1-18H3. The third kappa shape index (κ3) is 8.32. The van der Waals surface area contributed by atoms with Crippen LogP contribution in [-0.2, 0) is 32.5 Å². The number of fused-ring (bicyclic) bond motifs is 10. The number of nitrogens with one attached hydrogen (secondary N) is 1. The second-order valence-electron chi connectivity index (χ2n) is 28.9. The van der Waals surface area contributed by atoms with Crippen LogP contribution in [0.4, 0.5) is 11.4 Å². The third-order valence-corrected chi connectivity index (χ3v) is 17.1. The lowest BCUT2D eigenvalue weighted by atomic mass is 9.34. The smallest absolute Gasteiger partial charge is 0.256 e. The number of nitrogens with zero attached hydrogens (tertiary/aromatic N) is 2. The van der Waals surface area contributed by atoms with Gasteiger partial charge in [-0.05, 0) is 173 Å². The summed E-state index contributed by atoms with van der Waals surface area (Å²) in [5.41, 5.74) is 22.9. The van der Waals surface area contributed by atoms with Crippen molar-refractivity contribution >= 4 is 78.1 Å². The fourth-order valence-corrected chi connectivity index (χ4v) is 12.3. The SMILES string of the molecule is CC(C)(C)c1ccc2c(c1)B1c3cc(C(C)(C)C)ccc3Oc3cc(-c4c(-n5c6ccc(C(C)(C)C)cc6c6cc(C(C)(C)C)ccc65)cccc4-n4c5ccc(C(C)(C)C)cc5c5cc(C(C)(C)C)ccc54)cc(c31)N2. The predicted octanol–water partition coefficient (Wildman–Crippen LogP) is 18.0. The van der Waals surface area contributed by atoms with E-state index in [1.54, 1.807) is 0 Å². The fraction of sp³-hybridized carbons (Fsp3) is 0.333. The van der Waals surface area contributed by atoms with Gasteiger partial charge in [0.05, 0.1) is 33.4 Å². The molecule has 2 aliphatic heterocycles. The van der Waals surface area contributed by atoms with Gasteiger partial charge < -0.3 is 19.2 Å².